The second kappa shape index (κ2) is 6.17. The lowest BCUT2D eigenvalue weighted by Gasteiger charge is -2.42. The summed E-state index contributed by atoms with van der Waals surface area (Å²) in [5.74, 6) is 0. The summed E-state index contributed by atoms with van der Waals surface area (Å²) in [6, 6.07) is 0. The maximum atomic E-state index is 5.78. The molecule has 0 aromatic rings. The van der Waals surface area contributed by atoms with Gasteiger partial charge >= 0.3 is 0 Å². The average molecular weight is 240 g/mol. The SMILES string of the molecule is CCC1(CC)CCN(CC2CNCCO2)CC1. The van der Waals surface area contributed by atoms with Crippen LogP contribution in [0.25, 0.3) is 0 Å². The predicted octanol–water partition coefficient (Wildman–Crippen LogP) is 1.88. The van der Waals surface area contributed by atoms with E-state index in [1.54, 1.807) is 0 Å². The van der Waals surface area contributed by atoms with Crippen LogP contribution in [0.5, 0.6) is 0 Å². The first-order valence-electron chi connectivity index (χ1n) is 7.33. The quantitative estimate of drug-likeness (QED) is 0.812. The summed E-state index contributed by atoms with van der Waals surface area (Å²) in [5, 5.41) is 3.41. The van der Waals surface area contributed by atoms with Crippen molar-refractivity contribution in [2.45, 2.75) is 45.6 Å². The van der Waals surface area contributed by atoms with Gasteiger partial charge in [-0.05, 0) is 31.3 Å². The standard InChI is InChI=1S/C14H28N2O/c1-3-14(4-2)5-8-16(9-6-14)12-13-11-15-7-10-17-13/h13,15H,3-12H2,1-2H3. The van der Waals surface area contributed by atoms with Gasteiger partial charge in [0, 0.05) is 19.6 Å². The van der Waals surface area contributed by atoms with Crippen molar-refractivity contribution in [2.75, 3.05) is 39.3 Å². The van der Waals surface area contributed by atoms with Crippen LogP contribution in [0.2, 0.25) is 0 Å². The first kappa shape index (κ1) is 13.3. The zero-order chi connectivity index (χ0) is 12.1. The van der Waals surface area contributed by atoms with Gasteiger partial charge in [0.1, 0.15) is 0 Å². The van der Waals surface area contributed by atoms with Crippen molar-refractivity contribution in [3.63, 3.8) is 0 Å². The summed E-state index contributed by atoms with van der Waals surface area (Å²) in [4.78, 5) is 2.60. The van der Waals surface area contributed by atoms with E-state index in [4.69, 9.17) is 4.74 Å². The molecule has 1 atom stereocenters. The highest BCUT2D eigenvalue weighted by Gasteiger charge is 2.32. The third-order valence-corrected chi connectivity index (χ3v) is 4.88. The Morgan fingerprint density at radius 2 is 1.94 bits per heavy atom. The van der Waals surface area contributed by atoms with Crippen molar-refractivity contribution in [1.29, 1.82) is 0 Å². The topological polar surface area (TPSA) is 24.5 Å². The van der Waals surface area contributed by atoms with Gasteiger partial charge < -0.3 is 15.0 Å². The molecule has 2 rings (SSSR count). The Bertz CT molecular complexity index is 212. The molecule has 0 aromatic heterocycles. The van der Waals surface area contributed by atoms with Crippen molar-refractivity contribution in [1.82, 2.24) is 10.2 Å². The number of morpholine rings is 1. The van der Waals surface area contributed by atoms with Gasteiger partial charge in [-0.3, -0.25) is 0 Å². The minimum atomic E-state index is 0.416. The van der Waals surface area contributed by atoms with Crippen LogP contribution < -0.4 is 5.32 Å². The van der Waals surface area contributed by atoms with Crippen LogP contribution in [0.3, 0.4) is 0 Å². The van der Waals surface area contributed by atoms with Gasteiger partial charge in [0.15, 0.2) is 0 Å². The van der Waals surface area contributed by atoms with Crippen LogP contribution >= 0.6 is 0 Å². The molecule has 0 amide bonds. The third kappa shape index (κ3) is 3.43. The van der Waals surface area contributed by atoms with Crippen LogP contribution in [-0.4, -0.2) is 50.3 Å². The number of nitrogens with zero attached hydrogens (tertiary/aromatic N) is 1. The molecule has 2 aliphatic rings. The fraction of sp³-hybridized carbons (Fsp3) is 1.00. The van der Waals surface area contributed by atoms with Gasteiger partial charge in [-0.15, -0.1) is 0 Å². The average Bonchev–Trinajstić information content (AvgIpc) is 2.41. The van der Waals surface area contributed by atoms with E-state index < -0.39 is 0 Å². The number of hydrogen-bond acceptors (Lipinski definition) is 3. The number of piperidine rings is 1. The number of hydrogen-bond donors (Lipinski definition) is 1. The first-order valence-corrected chi connectivity index (χ1v) is 7.33. The molecule has 2 aliphatic heterocycles. The molecule has 1 unspecified atom stereocenters. The lowest BCUT2D eigenvalue weighted by molar-refractivity contribution is -0.00922. The van der Waals surface area contributed by atoms with Gasteiger partial charge in [0.05, 0.1) is 12.7 Å². The molecule has 0 aromatic carbocycles. The molecule has 0 radical (unpaired) electrons. The summed E-state index contributed by atoms with van der Waals surface area (Å²) in [6.45, 7) is 11.3. The summed E-state index contributed by atoms with van der Waals surface area (Å²) >= 11 is 0. The molecule has 17 heavy (non-hydrogen) atoms. The first-order chi connectivity index (χ1) is 8.28. The van der Waals surface area contributed by atoms with Crippen LogP contribution in [0.1, 0.15) is 39.5 Å². The molecule has 0 aliphatic carbocycles. The molecule has 0 saturated carbocycles. The van der Waals surface area contributed by atoms with E-state index in [2.05, 4.69) is 24.1 Å². The van der Waals surface area contributed by atoms with Crippen LogP contribution in [-0.2, 0) is 4.74 Å². The smallest absolute Gasteiger partial charge is 0.0826 e. The zero-order valence-corrected chi connectivity index (χ0v) is 11.5. The monoisotopic (exact) mass is 240 g/mol. The minimum absolute atomic E-state index is 0.416. The highest BCUT2D eigenvalue weighted by atomic mass is 16.5. The number of rotatable bonds is 4. The lowest BCUT2D eigenvalue weighted by atomic mass is 9.74. The molecule has 2 saturated heterocycles. The highest BCUT2D eigenvalue weighted by Crippen LogP contribution is 2.37. The molecule has 3 nitrogen and oxygen atoms in total. The number of likely N-dealkylation sites (tertiary alicyclic amines) is 1. The second-order valence-corrected chi connectivity index (χ2v) is 5.70. The lowest BCUT2D eigenvalue weighted by Crippen LogP contribution is -2.48. The van der Waals surface area contributed by atoms with Crippen molar-refractivity contribution in [2.24, 2.45) is 5.41 Å². The van der Waals surface area contributed by atoms with E-state index in [1.165, 1.54) is 38.8 Å². The van der Waals surface area contributed by atoms with Gasteiger partial charge in [0.25, 0.3) is 0 Å². The molecule has 0 bridgehead atoms. The van der Waals surface area contributed by atoms with Crippen LogP contribution in [0, 0.1) is 5.41 Å². The Labute approximate surface area is 106 Å². The van der Waals surface area contributed by atoms with Crippen LogP contribution in [0.4, 0.5) is 0 Å². The van der Waals surface area contributed by atoms with E-state index in [0.717, 1.165) is 26.2 Å². The third-order valence-electron chi connectivity index (χ3n) is 4.88. The molecule has 1 N–H and O–H groups in total. The van der Waals surface area contributed by atoms with Crippen molar-refractivity contribution in [3.05, 3.63) is 0 Å². The molecular weight excluding hydrogens is 212 g/mol. The van der Waals surface area contributed by atoms with E-state index in [-0.39, 0.29) is 0 Å². The molecule has 2 fully saturated rings. The second-order valence-electron chi connectivity index (χ2n) is 5.70. The Hall–Kier alpha value is -0.120. The van der Waals surface area contributed by atoms with Gasteiger partial charge in [0.2, 0.25) is 0 Å². The van der Waals surface area contributed by atoms with E-state index in [1.807, 2.05) is 0 Å². The Kier molecular flexibility index (Phi) is 4.83. The van der Waals surface area contributed by atoms with E-state index in [9.17, 15) is 0 Å². The summed E-state index contributed by atoms with van der Waals surface area (Å²) in [5.41, 5.74) is 0.641. The number of ether oxygens (including phenoxy) is 1. The molecule has 3 heteroatoms. The summed E-state index contributed by atoms with van der Waals surface area (Å²) in [7, 11) is 0. The van der Waals surface area contributed by atoms with Crippen molar-refractivity contribution < 1.29 is 4.74 Å². The fourth-order valence-electron chi connectivity index (χ4n) is 3.19. The Balaban J connectivity index is 1.74. The Morgan fingerprint density at radius 1 is 1.24 bits per heavy atom. The molecule has 100 valence electrons. The largest absolute Gasteiger partial charge is 0.374 e. The predicted molar refractivity (Wildman–Crippen MR) is 71.3 cm³/mol. The van der Waals surface area contributed by atoms with Gasteiger partial charge in [-0.1, -0.05) is 26.7 Å². The van der Waals surface area contributed by atoms with E-state index >= 15 is 0 Å². The van der Waals surface area contributed by atoms with Gasteiger partial charge in [-0.25, -0.2) is 0 Å². The highest BCUT2D eigenvalue weighted by molar-refractivity contribution is 4.85. The van der Waals surface area contributed by atoms with E-state index in [0.29, 0.717) is 11.5 Å². The van der Waals surface area contributed by atoms with Crippen molar-refractivity contribution >= 4 is 0 Å². The minimum Gasteiger partial charge on any atom is -0.374 e. The molecular formula is C14H28N2O. The molecule has 2 heterocycles. The van der Waals surface area contributed by atoms with Crippen LogP contribution in [0.15, 0.2) is 0 Å². The maximum Gasteiger partial charge on any atom is 0.0826 e. The zero-order valence-electron chi connectivity index (χ0n) is 11.5. The summed E-state index contributed by atoms with van der Waals surface area (Å²) < 4.78 is 5.78. The molecule has 0 spiro atoms. The number of nitrogens with one attached hydrogen (secondary N) is 1. The normalized spacial score (nSPS) is 30.4. The fourth-order valence-corrected chi connectivity index (χ4v) is 3.19. The Morgan fingerprint density at radius 3 is 2.47 bits per heavy atom. The van der Waals surface area contributed by atoms with Crippen molar-refractivity contribution in [3.8, 4) is 0 Å². The maximum absolute atomic E-state index is 5.78. The summed E-state index contributed by atoms with van der Waals surface area (Å²) in [6.07, 6.45) is 5.86. The van der Waals surface area contributed by atoms with Gasteiger partial charge in [-0.2, -0.15) is 0 Å².